The molecule has 0 radical (unpaired) electrons. The number of benzene rings is 3. The zero-order valence-corrected chi connectivity index (χ0v) is 16.5. The summed E-state index contributed by atoms with van der Waals surface area (Å²) < 4.78 is 17.1. The standard InChI is InChI=1S/C24H24O5/c1-24(2,23(25)26)29-22-10-8-18(9-11-22)16-17-27-19-12-14-21(15-13-19)28-20-6-4-3-5-7-20/h3-15H,16-17H2,1-2H3,(H,25,26). The molecule has 5 nitrogen and oxygen atoms in total. The van der Waals surface area contributed by atoms with Crippen molar-refractivity contribution in [2.75, 3.05) is 6.61 Å². The Morgan fingerprint density at radius 3 is 1.97 bits per heavy atom. The van der Waals surface area contributed by atoms with Crippen LogP contribution in [0.2, 0.25) is 0 Å². The summed E-state index contributed by atoms with van der Waals surface area (Å²) >= 11 is 0. The lowest BCUT2D eigenvalue weighted by Crippen LogP contribution is -2.37. The first kappa shape index (κ1) is 20.3. The number of carboxylic acids is 1. The third-order valence-electron chi connectivity index (χ3n) is 4.27. The molecule has 0 aliphatic rings. The van der Waals surface area contributed by atoms with Gasteiger partial charge in [-0.25, -0.2) is 4.79 Å². The molecule has 0 bridgehead atoms. The quantitative estimate of drug-likeness (QED) is 0.532. The molecule has 3 rings (SSSR count). The fourth-order valence-corrected chi connectivity index (χ4v) is 2.58. The van der Waals surface area contributed by atoms with Crippen LogP contribution in [0.5, 0.6) is 23.0 Å². The van der Waals surface area contributed by atoms with Crippen molar-refractivity contribution >= 4 is 5.97 Å². The van der Waals surface area contributed by atoms with Gasteiger partial charge in [0, 0.05) is 6.42 Å². The summed E-state index contributed by atoms with van der Waals surface area (Å²) in [6, 6.07) is 24.5. The van der Waals surface area contributed by atoms with E-state index in [9.17, 15) is 4.79 Å². The van der Waals surface area contributed by atoms with Gasteiger partial charge in [0.2, 0.25) is 0 Å². The van der Waals surface area contributed by atoms with Crippen molar-refractivity contribution in [2.24, 2.45) is 0 Å². The molecule has 5 heteroatoms. The highest BCUT2D eigenvalue weighted by Crippen LogP contribution is 2.24. The number of rotatable bonds is 9. The smallest absolute Gasteiger partial charge is 0.347 e. The Balaban J connectivity index is 1.46. The van der Waals surface area contributed by atoms with E-state index in [1.165, 1.54) is 13.8 Å². The molecule has 0 atom stereocenters. The number of hydrogen-bond acceptors (Lipinski definition) is 4. The molecule has 0 aliphatic carbocycles. The van der Waals surface area contributed by atoms with Crippen molar-refractivity contribution < 1.29 is 24.1 Å². The van der Waals surface area contributed by atoms with Crippen molar-refractivity contribution in [1.82, 2.24) is 0 Å². The average Bonchev–Trinajstić information content (AvgIpc) is 2.71. The molecule has 0 aromatic heterocycles. The first-order valence-corrected chi connectivity index (χ1v) is 9.39. The van der Waals surface area contributed by atoms with Gasteiger partial charge in [-0.15, -0.1) is 0 Å². The van der Waals surface area contributed by atoms with Gasteiger partial charge in [0.15, 0.2) is 5.60 Å². The molecular weight excluding hydrogens is 368 g/mol. The molecule has 150 valence electrons. The van der Waals surface area contributed by atoms with Crippen LogP contribution < -0.4 is 14.2 Å². The molecule has 0 amide bonds. The summed E-state index contributed by atoms with van der Waals surface area (Å²) in [6.45, 7) is 3.57. The largest absolute Gasteiger partial charge is 0.493 e. The third-order valence-corrected chi connectivity index (χ3v) is 4.27. The molecule has 0 unspecified atom stereocenters. The van der Waals surface area contributed by atoms with E-state index in [-0.39, 0.29) is 0 Å². The number of ether oxygens (including phenoxy) is 3. The Morgan fingerprint density at radius 1 is 0.793 bits per heavy atom. The Labute approximate surface area is 170 Å². The predicted molar refractivity (Wildman–Crippen MR) is 111 cm³/mol. The summed E-state index contributed by atoms with van der Waals surface area (Å²) in [5.41, 5.74) is -0.185. The third kappa shape index (κ3) is 6.01. The summed E-state index contributed by atoms with van der Waals surface area (Å²) in [6.07, 6.45) is 0.727. The van der Waals surface area contributed by atoms with E-state index < -0.39 is 11.6 Å². The molecule has 0 saturated heterocycles. The minimum atomic E-state index is -1.26. The van der Waals surface area contributed by atoms with Gasteiger partial charge in [-0.05, 0) is 67.9 Å². The molecule has 0 heterocycles. The highest BCUT2D eigenvalue weighted by atomic mass is 16.5. The second-order valence-corrected chi connectivity index (χ2v) is 7.05. The maximum absolute atomic E-state index is 11.1. The maximum Gasteiger partial charge on any atom is 0.347 e. The second-order valence-electron chi connectivity index (χ2n) is 7.05. The van der Waals surface area contributed by atoms with Crippen LogP contribution >= 0.6 is 0 Å². The second kappa shape index (κ2) is 9.15. The van der Waals surface area contributed by atoms with Gasteiger partial charge in [0.05, 0.1) is 6.61 Å². The SMILES string of the molecule is CC(C)(Oc1ccc(CCOc2ccc(Oc3ccccc3)cc2)cc1)C(=O)O. The van der Waals surface area contributed by atoms with Crippen molar-refractivity contribution in [3.63, 3.8) is 0 Å². The summed E-state index contributed by atoms with van der Waals surface area (Å²) in [5, 5.41) is 9.12. The van der Waals surface area contributed by atoms with E-state index in [0.29, 0.717) is 12.4 Å². The summed E-state index contributed by atoms with van der Waals surface area (Å²) in [4.78, 5) is 11.1. The molecule has 0 saturated carbocycles. The first-order valence-electron chi connectivity index (χ1n) is 9.39. The van der Waals surface area contributed by atoms with Gasteiger partial charge in [-0.1, -0.05) is 30.3 Å². The zero-order valence-electron chi connectivity index (χ0n) is 16.5. The number of aliphatic carboxylic acids is 1. The van der Waals surface area contributed by atoms with Crippen molar-refractivity contribution in [3.8, 4) is 23.0 Å². The van der Waals surface area contributed by atoms with E-state index in [2.05, 4.69) is 0 Å². The average molecular weight is 392 g/mol. The van der Waals surface area contributed by atoms with Gasteiger partial charge >= 0.3 is 5.97 Å². The highest BCUT2D eigenvalue weighted by Gasteiger charge is 2.29. The van der Waals surface area contributed by atoms with E-state index in [0.717, 1.165) is 29.2 Å². The molecular formula is C24H24O5. The highest BCUT2D eigenvalue weighted by molar-refractivity contribution is 5.76. The minimum absolute atomic E-state index is 0.524. The molecule has 29 heavy (non-hydrogen) atoms. The van der Waals surface area contributed by atoms with E-state index in [4.69, 9.17) is 19.3 Å². The lowest BCUT2D eigenvalue weighted by molar-refractivity contribution is -0.152. The van der Waals surface area contributed by atoms with Crippen LogP contribution in [0.1, 0.15) is 19.4 Å². The fourth-order valence-electron chi connectivity index (χ4n) is 2.58. The van der Waals surface area contributed by atoms with Crippen LogP contribution in [0, 0.1) is 0 Å². The van der Waals surface area contributed by atoms with Crippen LogP contribution in [0.15, 0.2) is 78.9 Å². The lowest BCUT2D eigenvalue weighted by Gasteiger charge is -2.21. The maximum atomic E-state index is 11.1. The Morgan fingerprint density at radius 2 is 1.34 bits per heavy atom. The predicted octanol–water partition coefficient (Wildman–Crippen LogP) is 5.34. The molecule has 3 aromatic carbocycles. The Kier molecular flexibility index (Phi) is 6.39. The van der Waals surface area contributed by atoms with E-state index in [1.54, 1.807) is 12.1 Å². The topological polar surface area (TPSA) is 65.0 Å². The minimum Gasteiger partial charge on any atom is -0.493 e. The van der Waals surface area contributed by atoms with Crippen LogP contribution in [-0.4, -0.2) is 23.3 Å². The number of hydrogen-bond donors (Lipinski definition) is 1. The van der Waals surface area contributed by atoms with Crippen molar-refractivity contribution in [1.29, 1.82) is 0 Å². The Bertz CT molecular complexity index is 916. The number of carbonyl (C=O) groups is 1. The van der Waals surface area contributed by atoms with Gasteiger partial charge in [-0.3, -0.25) is 0 Å². The van der Waals surface area contributed by atoms with E-state index in [1.807, 2.05) is 66.7 Å². The summed E-state index contributed by atoms with van der Waals surface area (Å²) in [7, 11) is 0. The van der Waals surface area contributed by atoms with E-state index >= 15 is 0 Å². The molecule has 1 N–H and O–H groups in total. The normalized spacial score (nSPS) is 11.0. The van der Waals surface area contributed by atoms with Gasteiger partial charge in [-0.2, -0.15) is 0 Å². The number of carboxylic acid groups (broad SMARTS) is 1. The van der Waals surface area contributed by atoms with Crippen LogP contribution in [0.25, 0.3) is 0 Å². The first-order chi connectivity index (χ1) is 13.9. The Hall–Kier alpha value is -3.47. The van der Waals surface area contributed by atoms with Crippen LogP contribution in [-0.2, 0) is 11.2 Å². The van der Waals surface area contributed by atoms with Crippen molar-refractivity contribution in [2.45, 2.75) is 25.9 Å². The molecule has 0 aliphatic heterocycles. The lowest BCUT2D eigenvalue weighted by atomic mass is 10.1. The molecule has 0 spiro atoms. The molecule has 0 fully saturated rings. The summed E-state index contributed by atoms with van der Waals surface area (Å²) in [5.74, 6) is 1.84. The van der Waals surface area contributed by atoms with Gasteiger partial charge < -0.3 is 19.3 Å². The monoisotopic (exact) mass is 392 g/mol. The molecule has 3 aromatic rings. The van der Waals surface area contributed by atoms with Gasteiger partial charge in [0.25, 0.3) is 0 Å². The van der Waals surface area contributed by atoms with Crippen molar-refractivity contribution in [3.05, 3.63) is 84.4 Å². The zero-order chi connectivity index (χ0) is 20.7. The van der Waals surface area contributed by atoms with Gasteiger partial charge in [0.1, 0.15) is 23.0 Å². The fraction of sp³-hybridized carbons (Fsp3) is 0.208. The van der Waals surface area contributed by atoms with Crippen LogP contribution in [0.3, 0.4) is 0 Å². The van der Waals surface area contributed by atoms with Crippen LogP contribution in [0.4, 0.5) is 0 Å². The number of para-hydroxylation sites is 1.